The fraction of sp³-hybridized carbons (Fsp3) is 0.176. The van der Waals surface area contributed by atoms with Crippen LogP contribution in [0, 0.1) is 5.92 Å². The molecule has 3 aromatic heterocycles. The van der Waals surface area contributed by atoms with Crippen LogP contribution >= 0.6 is 34.5 Å². The van der Waals surface area contributed by atoms with E-state index in [0.717, 1.165) is 23.2 Å². The van der Waals surface area contributed by atoms with E-state index >= 15 is 0 Å². The molecular weight excluding hydrogens is 407 g/mol. The molecule has 2 N–H and O–H groups in total. The van der Waals surface area contributed by atoms with Crippen molar-refractivity contribution in [2.24, 2.45) is 5.92 Å². The highest BCUT2D eigenvalue weighted by Gasteiger charge is 2.30. The molecule has 0 spiro atoms. The van der Waals surface area contributed by atoms with Gasteiger partial charge in [0.25, 0.3) is 0 Å². The van der Waals surface area contributed by atoms with Crippen molar-refractivity contribution in [1.82, 2.24) is 24.7 Å². The summed E-state index contributed by atoms with van der Waals surface area (Å²) in [7, 11) is 0. The third-order valence-corrected chi connectivity index (χ3v) is 5.96. The molecule has 5 rings (SSSR count). The summed E-state index contributed by atoms with van der Waals surface area (Å²) in [5.74, 6) is 0.762. The standard InChI is InChI=1S/C17H12Cl2N6OS/c18-9-2-1-3-10(19)12(9)11-6-20-7-25(11)15-13-14(23-24-15)21-17(27-13)22-16(26)8-4-5-8/h1-3,6-8H,4-5H2,(H2,21,22,23,24,26). The van der Waals surface area contributed by atoms with Crippen LogP contribution in [-0.4, -0.2) is 30.6 Å². The second kappa shape index (κ2) is 6.33. The molecule has 136 valence electrons. The molecule has 1 aromatic carbocycles. The maximum absolute atomic E-state index is 12.0. The van der Waals surface area contributed by atoms with Crippen molar-refractivity contribution in [3.05, 3.63) is 40.8 Å². The largest absolute Gasteiger partial charge is 0.302 e. The van der Waals surface area contributed by atoms with Gasteiger partial charge in [-0.25, -0.2) is 9.97 Å². The minimum absolute atomic E-state index is 0.0204. The van der Waals surface area contributed by atoms with Gasteiger partial charge in [-0.2, -0.15) is 5.10 Å². The van der Waals surface area contributed by atoms with Crippen molar-refractivity contribution in [3.63, 3.8) is 0 Å². The lowest BCUT2D eigenvalue weighted by atomic mass is 10.1. The van der Waals surface area contributed by atoms with E-state index in [1.54, 1.807) is 35.3 Å². The number of aromatic nitrogens is 5. The number of hydrogen-bond donors (Lipinski definition) is 2. The molecule has 0 saturated heterocycles. The Morgan fingerprint density at radius 1 is 1.30 bits per heavy atom. The van der Waals surface area contributed by atoms with Gasteiger partial charge in [0, 0.05) is 11.5 Å². The van der Waals surface area contributed by atoms with Gasteiger partial charge in [-0.05, 0) is 25.0 Å². The number of carbonyl (C=O) groups excluding carboxylic acids is 1. The van der Waals surface area contributed by atoms with Crippen LogP contribution in [0.4, 0.5) is 5.13 Å². The van der Waals surface area contributed by atoms with Gasteiger partial charge in [0.15, 0.2) is 16.6 Å². The zero-order valence-electron chi connectivity index (χ0n) is 13.7. The molecule has 0 aliphatic heterocycles. The number of halogens is 2. The molecule has 1 saturated carbocycles. The first kappa shape index (κ1) is 16.7. The maximum atomic E-state index is 12.0. The fourth-order valence-electron chi connectivity index (χ4n) is 2.87. The molecule has 27 heavy (non-hydrogen) atoms. The molecule has 1 aliphatic carbocycles. The number of carbonyl (C=O) groups is 1. The van der Waals surface area contributed by atoms with Crippen molar-refractivity contribution >= 4 is 55.9 Å². The lowest BCUT2D eigenvalue weighted by Crippen LogP contribution is -2.12. The Morgan fingerprint density at radius 2 is 2.07 bits per heavy atom. The van der Waals surface area contributed by atoms with Gasteiger partial charge in [-0.1, -0.05) is 40.6 Å². The Hall–Kier alpha value is -2.42. The topological polar surface area (TPSA) is 88.5 Å². The van der Waals surface area contributed by atoms with Gasteiger partial charge >= 0.3 is 0 Å². The number of nitrogens with one attached hydrogen (secondary N) is 2. The molecule has 0 atom stereocenters. The molecule has 1 aliphatic rings. The molecule has 0 unspecified atom stereocenters. The van der Waals surface area contributed by atoms with Gasteiger partial charge in [0.2, 0.25) is 5.91 Å². The Bertz CT molecular complexity index is 1160. The molecule has 0 radical (unpaired) electrons. The summed E-state index contributed by atoms with van der Waals surface area (Å²) in [4.78, 5) is 20.6. The van der Waals surface area contributed by atoms with Crippen LogP contribution in [0.3, 0.4) is 0 Å². The van der Waals surface area contributed by atoms with Crippen LogP contribution in [-0.2, 0) is 4.79 Å². The number of thiazole rings is 1. The monoisotopic (exact) mass is 418 g/mol. The number of H-pyrrole nitrogens is 1. The Labute approximate surface area is 167 Å². The van der Waals surface area contributed by atoms with Crippen LogP contribution in [0.25, 0.3) is 27.4 Å². The van der Waals surface area contributed by atoms with E-state index in [1.807, 2.05) is 0 Å². The third-order valence-electron chi connectivity index (χ3n) is 4.36. The minimum atomic E-state index is 0.0204. The number of hydrogen-bond acceptors (Lipinski definition) is 5. The fourth-order valence-corrected chi connectivity index (χ4v) is 4.36. The highest BCUT2D eigenvalue weighted by atomic mass is 35.5. The number of benzene rings is 1. The van der Waals surface area contributed by atoms with Gasteiger partial charge in [0.1, 0.15) is 11.0 Å². The quantitative estimate of drug-likeness (QED) is 0.509. The van der Waals surface area contributed by atoms with Crippen molar-refractivity contribution in [3.8, 4) is 17.1 Å². The van der Waals surface area contributed by atoms with E-state index in [-0.39, 0.29) is 11.8 Å². The Balaban J connectivity index is 1.58. The number of imidazole rings is 1. The summed E-state index contributed by atoms with van der Waals surface area (Å²) >= 11 is 14.1. The van der Waals surface area contributed by atoms with E-state index < -0.39 is 0 Å². The summed E-state index contributed by atoms with van der Waals surface area (Å²) in [5, 5.41) is 11.7. The average molecular weight is 419 g/mol. The lowest BCUT2D eigenvalue weighted by molar-refractivity contribution is -0.117. The van der Waals surface area contributed by atoms with E-state index in [4.69, 9.17) is 23.2 Å². The van der Waals surface area contributed by atoms with E-state index in [0.29, 0.717) is 32.2 Å². The van der Waals surface area contributed by atoms with Crippen LogP contribution in [0.15, 0.2) is 30.7 Å². The van der Waals surface area contributed by atoms with E-state index in [2.05, 4.69) is 25.5 Å². The number of aromatic amines is 1. The first-order chi connectivity index (χ1) is 13.1. The minimum Gasteiger partial charge on any atom is -0.302 e. The summed E-state index contributed by atoms with van der Waals surface area (Å²) in [6.07, 6.45) is 5.22. The van der Waals surface area contributed by atoms with Crippen LogP contribution in [0.1, 0.15) is 12.8 Å². The SMILES string of the molecule is O=C(Nc1nc2[nH]nc(-n3cncc3-c3c(Cl)cccc3Cl)c2s1)C1CC1. The number of amides is 1. The number of anilines is 1. The maximum Gasteiger partial charge on any atom is 0.229 e. The van der Waals surface area contributed by atoms with Gasteiger partial charge in [0.05, 0.1) is 21.9 Å². The smallest absolute Gasteiger partial charge is 0.229 e. The Morgan fingerprint density at radius 3 is 2.81 bits per heavy atom. The van der Waals surface area contributed by atoms with E-state index in [9.17, 15) is 4.79 Å². The summed E-state index contributed by atoms with van der Waals surface area (Å²) < 4.78 is 2.61. The zero-order valence-corrected chi connectivity index (χ0v) is 16.1. The molecule has 7 nitrogen and oxygen atoms in total. The second-order valence-electron chi connectivity index (χ2n) is 6.25. The van der Waals surface area contributed by atoms with Gasteiger partial charge < -0.3 is 5.32 Å². The lowest BCUT2D eigenvalue weighted by Gasteiger charge is -2.09. The highest BCUT2D eigenvalue weighted by Crippen LogP contribution is 2.38. The van der Waals surface area contributed by atoms with Crippen LogP contribution in [0.5, 0.6) is 0 Å². The third kappa shape index (κ3) is 2.90. The van der Waals surface area contributed by atoms with Crippen LogP contribution in [0.2, 0.25) is 10.0 Å². The molecule has 1 fully saturated rings. The van der Waals surface area contributed by atoms with Gasteiger partial charge in [-0.15, -0.1) is 0 Å². The average Bonchev–Trinajstić information content (AvgIpc) is 3.08. The predicted molar refractivity (Wildman–Crippen MR) is 106 cm³/mol. The summed E-state index contributed by atoms with van der Waals surface area (Å²) in [5.41, 5.74) is 2.00. The van der Waals surface area contributed by atoms with E-state index in [1.165, 1.54) is 11.3 Å². The molecular formula is C17H12Cl2N6OS. The highest BCUT2D eigenvalue weighted by molar-refractivity contribution is 7.22. The zero-order chi connectivity index (χ0) is 18.5. The number of fused-ring (bicyclic) bond motifs is 1. The summed E-state index contributed by atoms with van der Waals surface area (Å²) in [6.45, 7) is 0. The van der Waals surface area contributed by atoms with Crippen molar-refractivity contribution in [1.29, 1.82) is 0 Å². The molecule has 4 aromatic rings. The predicted octanol–water partition coefficient (Wildman–Crippen LogP) is 4.53. The van der Waals surface area contributed by atoms with Crippen LogP contribution < -0.4 is 5.32 Å². The van der Waals surface area contributed by atoms with Crippen molar-refractivity contribution < 1.29 is 4.79 Å². The second-order valence-corrected chi connectivity index (χ2v) is 8.07. The first-order valence-electron chi connectivity index (χ1n) is 8.24. The number of rotatable bonds is 4. The Kier molecular flexibility index (Phi) is 3.92. The molecule has 1 amide bonds. The van der Waals surface area contributed by atoms with Crippen molar-refractivity contribution in [2.75, 3.05) is 5.32 Å². The number of nitrogens with zero attached hydrogens (tertiary/aromatic N) is 4. The normalized spacial score (nSPS) is 14.0. The molecule has 3 heterocycles. The summed E-state index contributed by atoms with van der Waals surface area (Å²) in [6, 6.07) is 5.34. The molecule has 0 bridgehead atoms. The first-order valence-corrected chi connectivity index (χ1v) is 9.82. The molecule has 10 heteroatoms. The van der Waals surface area contributed by atoms with Crippen molar-refractivity contribution in [2.45, 2.75) is 12.8 Å². The van der Waals surface area contributed by atoms with Gasteiger partial charge in [-0.3, -0.25) is 14.5 Å².